The van der Waals surface area contributed by atoms with Crippen LogP contribution >= 0.6 is 0 Å². The molecular weight excluding hydrogens is 216 g/mol. The summed E-state index contributed by atoms with van der Waals surface area (Å²) in [5.41, 5.74) is 8.88. The van der Waals surface area contributed by atoms with Gasteiger partial charge in [-0.1, -0.05) is 0 Å². The summed E-state index contributed by atoms with van der Waals surface area (Å²) in [6.45, 7) is 3.78. The predicted molar refractivity (Wildman–Crippen MR) is 67.0 cm³/mol. The highest BCUT2D eigenvalue weighted by atomic mass is 16.5. The van der Waals surface area contributed by atoms with Gasteiger partial charge in [-0.05, 0) is 43.2 Å². The molecule has 1 heterocycles. The summed E-state index contributed by atoms with van der Waals surface area (Å²) in [4.78, 5) is 15.9. The summed E-state index contributed by atoms with van der Waals surface area (Å²) in [6.07, 6.45) is 0. The first-order valence-corrected chi connectivity index (χ1v) is 5.29. The molecule has 4 heteroatoms. The van der Waals surface area contributed by atoms with Gasteiger partial charge in [-0.15, -0.1) is 0 Å². The quantitative estimate of drug-likeness (QED) is 0.763. The summed E-state index contributed by atoms with van der Waals surface area (Å²) in [5.74, 6) is 0.182. The molecular formula is C13H14N2O2. The monoisotopic (exact) mass is 230 g/mol. The number of nitrogens with zero attached hydrogens (tertiary/aromatic N) is 1. The molecule has 2 N–H and O–H groups in total. The second-order valence-electron chi connectivity index (χ2n) is 3.99. The van der Waals surface area contributed by atoms with E-state index in [9.17, 15) is 4.79 Å². The molecule has 2 aromatic rings. The van der Waals surface area contributed by atoms with Gasteiger partial charge < -0.3 is 10.5 Å². The number of aromatic nitrogens is 1. The smallest absolute Gasteiger partial charge is 0.338 e. The van der Waals surface area contributed by atoms with Gasteiger partial charge in [-0.2, -0.15) is 0 Å². The van der Waals surface area contributed by atoms with Crippen LogP contribution in [-0.2, 0) is 4.74 Å². The molecule has 4 nitrogen and oxygen atoms in total. The minimum atomic E-state index is -0.334. The van der Waals surface area contributed by atoms with Crippen molar-refractivity contribution in [2.24, 2.45) is 0 Å². The summed E-state index contributed by atoms with van der Waals surface area (Å²) >= 11 is 0. The van der Waals surface area contributed by atoms with Crippen molar-refractivity contribution in [2.75, 3.05) is 12.8 Å². The number of carbonyl (C=O) groups excluding carboxylic acids is 1. The molecule has 0 aliphatic heterocycles. The molecule has 0 bridgehead atoms. The van der Waals surface area contributed by atoms with Gasteiger partial charge in [-0.25, -0.2) is 9.78 Å². The Morgan fingerprint density at radius 1 is 1.35 bits per heavy atom. The van der Waals surface area contributed by atoms with E-state index in [1.54, 1.807) is 12.1 Å². The Hall–Kier alpha value is -2.10. The maximum absolute atomic E-state index is 11.6. The molecule has 2 rings (SSSR count). The molecule has 0 amide bonds. The van der Waals surface area contributed by atoms with E-state index >= 15 is 0 Å². The third-order valence-corrected chi connectivity index (χ3v) is 2.90. The first kappa shape index (κ1) is 11.4. The molecule has 0 spiro atoms. The lowest BCUT2D eigenvalue weighted by molar-refractivity contribution is 0.0600. The zero-order chi connectivity index (χ0) is 12.6. The van der Waals surface area contributed by atoms with Crippen LogP contribution in [0.1, 0.15) is 21.5 Å². The minimum absolute atomic E-state index is 0.334. The van der Waals surface area contributed by atoms with E-state index in [1.807, 2.05) is 19.9 Å². The van der Waals surface area contributed by atoms with E-state index in [-0.39, 0.29) is 5.97 Å². The molecule has 0 aliphatic carbocycles. The minimum Gasteiger partial charge on any atom is -0.465 e. The number of ether oxygens (including phenoxy) is 1. The predicted octanol–water partition coefficient (Wildman–Crippen LogP) is 2.22. The fourth-order valence-electron chi connectivity index (χ4n) is 1.83. The summed E-state index contributed by atoms with van der Waals surface area (Å²) in [7, 11) is 1.37. The number of rotatable bonds is 1. The van der Waals surface area contributed by atoms with Crippen LogP contribution in [0.3, 0.4) is 0 Å². The SMILES string of the molecule is COC(=O)c1ccc2nc(N)c(C)cc2c1C. The molecule has 0 radical (unpaired) electrons. The Balaban J connectivity index is 2.75. The van der Waals surface area contributed by atoms with E-state index in [4.69, 9.17) is 10.5 Å². The second-order valence-corrected chi connectivity index (χ2v) is 3.99. The van der Waals surface area contributed by atoms with Crippen LogP contribution in [0.4, 0.5) is 5.82 Å². The van der Waals surface area contributed by atoms with Gasteiger partial charge in [0.05, 0.1) is 18.2 Å². The molecule has 17 heavy (non-hydrogen) atoms. The second kappa shape index (κ2) is 4.05. The van der Waals surface area contributed by atoms with Crippen molar-refractivity contribution in [1.29, 1.82) is 0 Å². The van der Waals surface area contributed by atoms with Crippen LogP contribution < -0.4 is 5.73 Å². The topological polar surface area (TPSA) is 65.2 Å². The van der Waals surface area contributed by atoms with Gasteiger partial charge in [0, 0.05) is 5.39 Å². The third kappa shape index (κ3) is 1.82. The van der Waals surface area contributed by atoms with Gasteiger partial charge in [-0.3, -0.25) is 0 Å². The molecule has 1 aromatic heterocycles. The summed E-state index contributed by atoms with van der Waals surface area (Å²) in [5, 5.41) is 0.930. The third-order valence-electron chi connectivity index (χ3n) is 2.90. The maximum Gasteiger partial charge on any atom is 0.338 e. The number of methoxy groups -OCH3 is 1. The molecule has 0 fully saturated rings. The van der Waals surface area contributed by atoms with Crippen LogP contribution in [0, 0.1) is 13.8 Å². The lowest BCUT2D eigenvalue weighted by atomic mass is 10.0. The number of nitrogen functional groups attached to an aromatic ring is 1. The van der Waals surface area contributed by atoms with Gasteiger partial charge in [0.1, 0.15) is 5.82 Å². The van der Waals surface area contributed by atoms with Crippen LogP contribution in [0.25, 0.3) is 10.9 Å². The zero-order valence-corrected chi connectivity index (χ0v) is 10.1. The summed E-state index contributed by atoms with van der Waals surface area (Å²) < 4.78 is 4.74. The molecule has 0 aliphatic rings. The number of aryl methyl sites for hydroxylation is 2. The van der Waals surface area contributed by atoms with E-state index in [0.29, 0.717) is 11.4 Å². The number of pyridine rings is 1. The van der Waals surface area contributed by atoms with Crippen molar-refractivity contribution < 1.29 is 9.53 Å². The van der Waals surface area contributed by atoms with E-state index in [2.05, 4.69) is 4.98 Å². The number of benzene rings is 1. The zero-order valence-electron chi connectivity index (χ0n) is 10.1. The van der Waals surface area contributed by atoms with Gasteiger partial charge in [0.25, 0.3) is 0 Å². The average Bonchev–Trinajstić information content (AvgIpc) is 2.31. The number of esters is 1. The fourth-order valence-corrected chi connectivity index (χ4v) is 1.83. The Kier molecular flexibility index (Phi) is 2.71. The summed E-state index contributed by atoms with van der Waals surface area (Å²) in [6, 6.07) is 5.44. The Bertz CT molecular complexity index is 606. The van der Waals surface area contributed by atoms with Crippen molar-refractivity contribution in [3.05, 3.63) is 34.9 Å². The highest BCUT2D eigenvalue weighted by Crippen LogP contribution is 2.24. The highest BCUT2D eigenvalue weighted by Gasteiger charge is 2.12. The number of hydrogen-bond acceptors (Lipinski definition) is 4. The Labute approximate surface area is 99.4 Å². The average molecular weight is 230 g/mol. The maximum atomic E-state index is 11.6. The number of fused-ring (bicyclic) bond motifs is 1. The molecule has 0 saturated heterocycles. The van der Waals surface area contributed by atoms with Crippen LogP contribution in [0.15, 0.2) is 18.2 Å². The number of anilines is 1. The van der Waals surface area contributed by atoms with Gasteiger partial charge in [0.15, 0.2) is 0 Å². The molecule has 0 saturated carbocycles. The number of hydrogen-bond donors (Lipinski definition) is 1. The van der Waals surface area contributed by atoms with Crippen molar-refractivity contribution in [2.45, 2.75) is 13.8 Å². The van der Waals surface area contributed by atoms with Gasteiger partial charge >= 0.3 is 5.97 Å². The fraction of sp³-hybridized carbons (Fsp3) is 0.231. The number of carbonyl (C=O) groups is 1. The van der Waals surface area contributed by atoms with Crippen molar-refractivity contribution in [3.8, 4) is 0 Å². The number of nitrogens with two attached hydrogens (primary N) is 1. The lowest BCUT2D eigenvalue weighted by Crippen LogP contribution is -2.05. The van der Waals surface area contributed by atoms with Crippen molar-refractivity contribution in [1.82, 2.24) is 4.98 Å². The first-order valence-electron chi connectivity index (χ1n) is 5.29. The molecule has 88 valence electrons. The standard InChI is InChI=1S/C13H14N2O2/c1-7-6-10-8(2)9(13(16)17-3)4-5-11(10)15-12(7)14/h4-6H,1-3H3,(H2,14,15). The highest BCUT2D eigenvalue weighted by molar-refractivity contribution is 5.98. The Morgan fingerprint density at radius 2 is 2.06 bits per heavy atom. The molecule has 0 atom stereocenters. The van der Waals surface area contributed by atoms with Crippen LogP contribution in [-0.4, -0.2) is 18.1 Å². The van der Waals surface area contributed by atoms with Crippen molar-refractivity contribution >= 4 is 22.7 Å². The van der Waals surface area contributed by atoms with Crippen LogP contribution in [0.5, 0.6) is 0 Å². The van der Waals surface area contributed by atoms with E-state index in [1.165, 1.54) is 7.11 Å². The first-order chi connectivity index (χ1) is 8.04. The van der Waals surface area contributed by atoms with Crippen LogP contribution in [0.2, 0.25) is 0 Å². The normalized spacial score (nSPS) is 10.5. The molecule has 1 aromatic carbocycles. The molecule has 0 unspecified atom stereocenters. The van der Waals surface area contributed by atoms with E-state index < -0.39 is 0 Å². The van der Waals surface area contributed by atoms with Crippen molar-refractivity contribution in [3.63, 3.8) is 0 Å². The largest absolute Gasteiger partial charge is 0.465 e. The van der Waals surface area contributed by atoms with E-state index in [0.717, 1.165) is 22.0 Å². The van der Waals surface area contributed by atoms with Gasteiger partial charge in [0.2, 0.25) is 0 Å². The Morgan fingerprint density at radius 3 is 2.71 bits per heavy atom. The lowest BCUT2D eigenvalue weighted by Gasteiger charge is -2.09.